The number of ether oxygens (including phenoxy) is 2. The molecule has 2 rings (SSSR count). The number of para-hydroxylation sites is 2. The fraction of sp³-hybridized carbons (Fsp3) is 0.250. The Hall–Kier alpha value is -0.843. The summed E-state index contributed by atoms with van der Waals surface area (Å²) >= 11 is -0.179. The Balaban J connectivity index is 1.84. The Morgan fingerprint density at radius 2 is 1.10 bits per heavy atom. The molecule has 0 fully saturated rings. The van der Waals surface area contributed by atoms with Crippen LogP contribution < -0.4 is 18.2 Å². The van der Waals surface area contributed by atoms with Gasteiger partial charge in [-0.2, -0.15) is 0 Å². The first-order valence-corrected chi connectivity index (χ1v) is 11.7. The average molecular weight is 394 g/mol. The molecule has 0 aliphatic rings. The molecule has 4 heteroatoms. The number of methoxy groups -OCH3 is 2. The predicted molar refractivity (Wildman–Crippen MR) is 89.2 cm³/mol. The Kier molecular flexibility index (Phi) is 6.56. The van der Waals surface area contributed by atoms with Crippen LogP contribution in [0.2, 0.25) is 10.4 Å². The molecule has 0 radical (unpaired) electrons. The summed E-state index contributed by atoms with van der Waals surface area (Å²) in [6.45, 7) is 0. The van der Waals surface area contributed by atoms with Gasteiger partial charge >= 0.3 is 134 Å². The van der Waals surface area contributed by atoms with Crippen LogP contribution in [0.25, 0.3) is 0 Å². The number of rotatable bonds is 7. The van der Waals surface area contributed by atoms with E-state index in [0.717, 1.165) is 11.5 Å². The molecule has 0 saturated heterocycles. The first-order valence-electron chi connectivity index (χ1n) is 6.59. The number of hydrogen-bond acceptors (Lipinski definition) is 2. The summed E-state index contributed by atoms with van der Waals surface area (Å²) < 4.78 is 13.7. The number of benzene rings is 2. The van der Waals surface area contributed by atoms with E-state index in [-0.39, 0.29) is 31.5 Å². The van der Waals surface area contributed by atoms with Crippen molar-refractivity contribution in [2.24, 2.45) is 0 Å². The van der Waals surface area contributed by atoms with Crippen LogP contribution in [0, 0.1) is 0 Å². The summed E-state index contributed by atoms with van der Waals surface area (Å²) in [6.07, 6.45) is 0. The van der Waals surface area contributed by atoms with Crippen molar-refractivity contribution in [2.45, 2.75) is 10.4 Å². The fourth-order valence-electron chi connectivity index (χ4n) is 1.98. The molecule has 2 aromatic carbocycles. The van der Waals surface area contributed by atoms with Crippen molar-refractivity contribution >= 4 is 40.2 Å². The quantitative estimate of drug-likeness (QED) is 0.522. The van der Waals surface area contributed by atoms with E-state index in [1.807, 2.05) is 12.1 Å². The van der Waals surface area contributed by atoms with Gasteiger partial charge in [0.1, 0.15) is 0 Å². The standard InChI is InChI=1S/C16H20As2O2/c1-19-15-9-5-3-7-13(15)17-11-12-18-14-8-4-6-10-16(14)20-2/h3-10,17-18H,11-12H2,1-2H3. The SMILES string of the molecule is COc1ccccc1[AsH]CC[AsH]c1ccccc1OC. The van der Waals surface area contributed by atoms with Gasteiger partial charge < -0.3 is 0 Å². The molecule has 0 amide bonds. The normalized spacial score (nSPS) is 11.5. The summed E-state index contributed by atoms with van der Waals surface area (Å²) in [5.74, 6) is 2.12. The zero-order valence-corrected chi connectivity index (χ0v) is 16.0. The van der Waals surface area contributed by atoms with Crippen LogP contribution in [0.15, 0.2) is 48.5 Å². The second kappa shape index (κ2) is 8.45. The van der Waals surface area contributed by atoms with Crippen LogP contribution in [-0.4, -0.2) is 45.7 Å². The minimum atomic E-state index is -0.0897. The van der Waals surface area contributed by atoms with Gasteiger partial charge in [-0.05, 0) is 0 Å². The van der Waals surface area contributed by atoms with Gasteiger partial charge in [-0.1, -0.05) is 0 Å². The molecule has 0 aliphatic heterocycles. The third-order valence-electron chi connectivity index (χ3n) is 2.97. The molecule has 0 heterocycles. The molecule has 0 N–H and O–H groups in total. The molecule has 0 aliphatic carbocycles. The molecule has 2 atom stereocenters. The first kappa shape index (κ1) is 15.5. The van der Waals surface area contributed by atoms with Crippen molar-refractivity contribution in [3.8, 4) is 11.5 Å². The predicted octanol–water partition coefficient (Wildman–Crippen LogP) is 1.36. The van der Waals surface area contributed by atoms with E-state index in [0.29, 0.717) is 0 Å². The minimum absolute atomic E-state index is 0.0897. The third kappa shape index (κ3) is 4.33. The van der Waals surface area contributed by atoms with Crippen LogP contribution in [-0.2, 0) is 0 Å². The van der Waals surface area contributed by atoms with Crippen molar-refractivity contribution in [1.29, 1.82) is 0 Å². The van der Waals surface area contributed by atoms with Gasteiger partial charge in [0.25, 0.3) is 0 Å². The Morgan fingerprint density at radius 3 is 1.50 bits per heavy atom. The first-order chi connectivity index (χ1) is 9.85. The van der Waals surface area contributed by atoms with Gasteiger partial charge in [-0.15, -0.1) is 0 Å². The second-order valence-corrected chi connectivity index (χ2v) is 10.1. The molecular formula is C16H20As2O2. The van der Waals surface area contributed by atoms with Crippen molar-refractivity contribution in [2.75, 3.05) is 14.2 Å². The van der Waals surface area contributed by atoms with Crippen molar-refractivity contribution in [3.63, 3.8) is 0 Å². The Bertz CT molecular complexity index is 494. The van der Waals surface area contributed by atoms with Gasteiger partial charge in [0.2, 0.25) is 0 Å². The van der Waals surface area contributed by atoms with E-state index in [1.54, 1.807) is 14.2 Å². The van der Waals surface area contributed by atoms with E-state index in [1.165, 1.54) is 19.1 Å². The Morgan fingerprint density at radius 1 is 0.700 bits per heavy atom. The molecule has 0 aromatic heterocycles. The molecule has 2 nitrogen and oxygen atoms in total. The molecule has 2 aromatic rings. The molecule has 20 heavy (non-hydrogen) atoms. The summed E-state index contributed by atoms with van der Waals surface area (Å²) in [7, 11) is 3.52. The third-order valence-corrected chi connectivity index (χ3v) is 10.6. The van der Waals surface area contributed by atoms with Crippen molar-refractivity contribution < 1.29 is 9.47 Å². The molecule has 0 saturated carbocycles. The molecule has 0 spiro atoms. The summed E-state index contributed by atoms with van der Waals surface area (Å²) in [5.41, 5.74) is 0. The van der Waals surface area contributed by atoms with Crippen molar-refractivity contribution in [3.05, 3.63) is 48.5 Å². The van der Waals surface area contributed by atoms with Crippen LogP contribution in [0.3, 0.4) is 0 Å². The van der Waals surface area contributed by atoms with Gasteiger partial charge in [0.05, 0.1) is 0 Å². The molecular weight excluding hydrogens is 374 g/mol. The Labute approximate surface area is 134 Å². The second-order valence-electron chi connectivity index (χ2n) is 4.25. The summed E-state index contributed by atoms with van der Waals surface area (Å²) in [5, 5.41) is 2.66. The van der Waals surface area contributed by atoms with Crippen LogP contribution in [0.1, 0.15) is 0 Å². The summed E-state index contributed by atoms with van der Waals surface area (Å²) in [6, 6.07) is 16.8. The van der Waals surface area contributed by atoms with E-state index < -0.39 is 0 Å². The van der Waals surface area contributed by atoms with Crippen LogP contribution in [0.5, 0.6) is 11.5 Å². The van der Waals surface area contributed by atoms with Gasteiger partial charge in [0, 0.05) is 0 Å². The molecule has 0 bridgehead atoms. The van der Waals surface area contributed by atoms with E-state index >= 15 is 0 Å². The maximum atomic E-state index is 5.42. The topological polar surface area (TPSA) is 18.5 Å². The summed E-state index contributed by atoms with van der Waals surface area (Å²) in [4.78, 5) is 0. The van der Waals surface area contributed by atoms with Crippen molar-refractivity contribution in [1.82, 2.24) is 0 Å². The fourth-order valence-corrected chi connectivity index (χ4v) is 8.76. The van der Waals surface area contributed by atoms with Gasteiger partial charge in [0.15, 0.2) is 0 Å². The monoisotopic (exact) mass is 394 g/mol. The van der Waals surface area contributed by atoms with Crippen LogP contribution in [0.4, 0.5) is 0 Å². The molecule has 106 valence electrons. The zero-order chi connectivity index (χ0) is 14.2. The van der Waals surface area contributed by atoms with E-state index in [4.69, 9.17) is 9.47 Å². The number of hydrogen-bond donors (Lipinski definition) is 0. The van der Waals surface area contributed by atoms with E-state index in [2.05, 4.69) is 36.4 Å². The molecule has 2 unspecified atom stereocenters. The van der Waals surface area contributed by atoms with Crippen LogP contribution >= 0.6 is 0 Å². The maximum absolute atomic E-state index is 5.42. The van der Waals surface area contributed by atoms with Gasteiger partial charge in [-0.25, -0.2) is 0 Å². The van der Waals surface area contributed by atoms with Gasteiger partial charge in [-0.3, -0.25) is 0 Å². The van der Waals surface area contributed by atoms with E-state index in [9.17, 15) is 0 Å². The average Bonchev–Trinajstić information content (AvgIpc) is 2.52. The zero-order valence-electron chi connectivity index (χ0n) is 11.8.